The van der Waals surface area contributed by atoms with Gasteiger partial charge in [-0.25, -0.2) is 8.42 Å². The molecule has 0 aromatic heterocycles. The number of anilines is 1. The van der Waals surface area contributed by atoms with Gasteiger partial charge < -0.3 is 5.32 Å². The minimum absolute atomic E-state index is 0.0422. The summed E-state index contributed by atoms with van der Waals surface area (Å²) in [6.45, 7) is 3.04. The van der Waals surface area contributed by atoms with E-state index in [2.05, 4.69) is 5.32 Å². The highest BCUT2D eigenvalue weighted by atomic mass is 35.5. The first-order valence-corrected chi connectivity index (χ1v) is 11.4. The largest absolute Gasteiger partial charge is 0.326 e. The molecule has 150 valence electrons. The van der Waals surface area contributed by atoms with Gasteiger partial charge in [0.2, 0.25) is 15.9 Å². The quantitative estimate of drug-likeness (QED) is 0.709. The summed E-state index contributed by atoms with van der Waals surface area (Å²) in [5.74, 6) is -0.444. The lowest BCUT2D eigenvalue weighted by atomic mass is 9.93. The molecule has 1 atom stereocenters. The van der Waals surface area contributed by atoms with Crippen molar-refractivity contribution in [1.82, 2.24) is 4.31 Å². The van der Waals surface area contributed by atoms with E-state index in [0.29, 0.717) is 25.2 Å². The van der Waals surface area contributed by atoms with Crippen LogP contribution in [0, 0.1) is 0 Å². The molecule has 0 spiro atoms. The average Bonchev–Trinajstić information content (AvgIpc) is 3.24. The molecule has 1 saturated heterocycles. The SMILES string of the molecule is CCCC(C(=O)Nc1ccc(Cl)c(S(=O)(=O)N2CCCC2)c1)c1ccccc1. The number of sulfonamides is 1. The third-order valence-corrected chi connectivity index (χ3v) is 7.36. The molecule has 1 fully saturated rings. The monoisotopic (exact) mass is 420 g/mol. The summed E-state index contributed by atoms with van der Waals surface area (Å²) in [5, 5.41) is 3.04. The number of amides is 1. The van der Waals surface area contributed by atoms with Crippen LogP contribution in [0.5, 0.6) is 0 Å². The molecule has 0 radical (unpaired) electrons. The molecular weight excluding hydrogens is 396 g/mol. The van der Waals surface area contributed by atoms with Crippen molar-refractivity contribution in [2.24, 2.45) is 0 Å². The lowest BCUT2D eigenvalue weighted by molar-refractivity contribution is -0.117. The van der Waals surface area contributed by atoms with Gasteiger partial charge in [0, 0.05) is 18.8 Å². The third-order valence-electron chi connectivity index (χ3n) is 4.98. The zero-order valence-corrected chi connectivity index (χ0v) is 17.5. The van der Waals surface area contributed by atoms with Gasteiger partial charge in [0.1, 0.15) is 4.90 Å². The molecule has 1 aliphatic rings. The van der Waals surface area contributed by atoms with Crippen molar-refractivity contribution < 1.29 is 13.2 Å². The van der Waals surface area contributed by atoms with E-state index >= 15 is 0 Å². The zero-order valence-electron chi connectivity index (χ0n) is 15.9. The Hall–Kier alpha value is -1.89. The summed E-state index contributed by atoms with van der Waals surface area (Å²) >= 11 is 6.19. The molecule has 2 aromatic carbocycles. The highest BCUT2D eigenvalue weighted by Gasteiger charge is 2.29. The number of nitrogens with one attached hydrogen (secondary N) is 1. The summed E-state index contributed by atoms with van der Waals surface area (Å²) in [7, 11) is -3.66. The highest BCUT2D eigenvalue weighted by Crippen LogP contribution is 2.30. The van der Waals surface area contributed by atoms with Crippen LogP contribution in [0.4, 0.5) is 5.69 Å². The Morgan fingerprint density at radius 1 is 1.14 bits per heavy atom. The fourth-order valence-corrected chi connectivity index (χ4v) is 5.52. The Morgan fingerprint density at radius 2 is 1.82 bits per heavy atom. The van der Waals surface area contributed by atoms with Gasteiger partial charge in [0.15, 0.2) is 0 Å². The zero-order chi connectivity index (χ0) is 20.1. The first kappa shape index (κ1) is 20.8. The van der Waals surface area contributed by atoms with Gasteiger partial charge in [0.05, 0.1) is 10.9 Å². The van der Waals surface area contributed by atoms with E-state index in [0.717, 1.165) is 24.8 Å². The average molecular weight is 421 g/mol. The smallest absolute Gasteiger partial charge is 0.244 e. The number of rotatable bonds is 7. The summed E-state index contributed by atoms with van der Waals surface area (Å²) < 4.78 is 27.2. The molecule has 0 saturated carbocycles. The van der Waals surface area contributed by atoms with E-state index in [4.69, 9.17) is 11.6 Å². The van der Waals surface area contributed by atoms with Crippen LogP contribution in [-0.4, -0.2) is 31.7 Å². The van der Waals surface area contributed by atoms with E-state index in [1.54, 1.807) is 6.07 Å². The highest BCUT2D eigenvalue weighted by molar-refractivity contribution is 7.89. The van der Waals surface area contributed by atoms with Gasteiger partial charge in [-0.2, -0.15) is 4.31 Å². The van der Waals surface area contributed by atoms with Crippen LogP contribution in [0.2, 0.25) is 5.02 Å². The summed E-state index contributed by atoms with van der Waals surface area (Å²) in [6.07, 6.45) is 3.27. The Morgan fingerprint density at radius 3 is 2.46 bits per heavy atom. The fraction of sp³-hybridized carbons (Fsp3) is 0.381. The van der Waals surface area contributed by atoms with Crippen LogP contribution in [0.1, 0.15) is 44.1 Å². The van der Waals surface area contributed by atoms with E-state index in [9.17, 15) is 13.2 Å². The van der Waals surface area contributed by atoms with Crippen LogP contribution in [0.3, 0.4) is 0 Å². The van der Waals surface area contributed by atoms with E-state index in [1.807, 2.05) is 37.3 Å². The van der Waals surface area contributed by atoms with Gasteiger partial charge in [-0.1, -0.05) is 55.3 Å². The molecule has 5 nitrogen and oxygen atoms in total. The van der Waals surface area contributed by atoms with Crippen LogP contribution >= 0.6 is 11.6 Å². The Bertz CT molecular complexity index is 926. The second kappa shape index (κ2) is 9.07. The number of carbonyl (C=O) groups is 1. The third kappa shape index (κ3) is 4.57. The first-order chi connectivity index (χ1) is 13.4. The minimum atomic E-state index is -3.66. The molecule has 1 N–H and O–H groups in total. The van der Waals surface area contributed by atoms with E-state index in [1.165, 1.54) is 16.4 Å². The van der Waals surface area contributed by atoms with Gasteiger partial charge in [-0.3, -0.25) is 4.79 Å². The number of hydrogen-bond donors (Lipinski definition) is 1. The maximum absolute atomic E-state index is 12.9. The molecule has 7 heteroatoms. The van der Waals surface area contributed by atoms with Crippen molar-refractivity contribution in [2.75, 3.05) is 18.4 Å². The Labute approximate surface area is 171 Å². The molecule has 1 heterocycles. The summed E-state index contributed by atoms with van der Waals surface area (Å²) in [6, 6.07) is 14.2. The van der Waals surface area contributed by atoms with Crippen molar-refractivity contribution in [1.29, 1.82) is 0 Å². The predicted octanol–water partition coefficient (Wildman–Crippen LogP) is 4.65. The van der Waals surface area contributed by atoms with Gasteiger partial charge in [-0.05, 0) is 43.0 Å². The fourth-order valence-electron chi connectivity index (χ4n) is 3.50. The lowest BCUT2D eigenvalue weighted by Crippen LogP contribution is -2.28. The molecule has 2 aromatic rings. The minimum Gasteiger partial charge on any atom is -0.326 e. The molecule has 0 bridgehead atoms. The van der Waals surface area contributed by atoms with Crippen molar-refractivity contribution in [3.8, 4) is 0 Å². The second-order valence-corrected chi connectivity index (χ2v) is 9.31. The van der Waals surface area contributed by atoms with Crippen molar-refractivity contribution >= 4 is 33.2 Å². The van der Waals surface area contributed by atoms with E-state index in [-0.39, 0.29) is 21.7 Å². The van der Waals surface area contributed by atoms with Crippen LogP contribution < -0.4 is 5.32 Å². The van der Waals surface area contributed by atoms with Gasteiger partial charge in [-0.15, -0.1) is 0 Å². The number of halogens is 1. The molecule has 1 amide bonds. The molecule has 0 aliphatic carbocycles. The van der Waals surface area contributed by atoms with Crippen LogP contribution in [-0.2, 0) is 14.8 Å². The predicted molar refractivity (Wildman–Crippen MR) is 112 cm³/mol. The number of hydrogen-bond acceptors (Lipinski definition) is 3. The Balaban J connectivity index is 1.85. The van der Waals surface area contributed by atoms with Gasteiger partial charge in [0.25, 0.3) is 0 Å². The van der Waals surface area contributed by atoms with Crippen molar-refractivity contribution in [3.05, 3.63) is 59.1 Å². The maximum atomic E-state index is 12.9. The van der Waals surface area contributed by atoms with Crippen molar-refractivity contribution in [2.45, 2.75) is 43.4 Å². The van der Waals surface area contributed by atoms with Gasteiger partial charge >= 0.3 is 0 Å². The topological polar surface area (TPSA) is 66.5 Å². The van der Waals surface area contributed by atoms with Crippen LogP contribution in [0.15, 0.2) is 53.4 Å². The molecular formula is C21H25ClN2O3S. The maximum Gasteiger partial charge on any atom is 0.244 e. The Kier molecular flexibility index (Phi) is 6.75. The van der Waals surface area contributed by atoms with Crippen LogP contribution in [0.25, 0.3) is 0 Å². The molecule has 28 heavy (non-hydrogen) atoms. The standard InChI is InChI=1S/C21H25ClN2O3S/c1-2-8-18(16-9-4-3-5-10-16)21(25)23-17-11-12-19(22)20(15-17)28(26,27)24-13-6-7-14-24/h3-5,9-12,15,18H,2,6-8,13-14H2,1H3,(H,23,25). The normalized spacial score (nSPS) is 16.1. The summed E-state index contributed by atoms with van der Waals surface area (Å²) in [5.41, 5.74) is 1.38. The molecule has 1 aliphatic heterocycles. The number of benzene rings is 2. The summed E-state index contributed by atoms with van der Waals surface area (Å²) in [4.78, 5) is 12.9. The molecule has 3 rings (SSSR count). The first-order valence-electron chi connectivity index (χ1n) is 9.59. The van der Waals surface area contributed by atoms with E-state index < -0.39 is 10.0 Å². The lowest BCUT2D eigenvalue weighted by Gasteiger charge is -2.19. The van der Waals surface area contributed by atoms with Crippen molar-refractivity contribution in [3.63, 3.8) is 0 Å². The molecule has 1 unspecified atom stereocenters. The second-order valence-electron chi connectivity index (χ2n) is 7.00. The number of nitrogens with zero attached hydrogens (tertiary/aromatic N) is 1. The number of carbonyl (C=O) groups excluding carboxylic acids is 1.